The Morgan fingerprint density at radius 1 is 1.21 bits per heavy atom. The number of hydrogen-bond acceptors (Lipinski definition) is 3. The van der Waals surface area contributed by atoms with Crippen LogP contribution in [0.2, 0.25) is 10.0 Å². The molecule has 2 aromatic rings. The summed E-state index contributed by atoms with van der Waals surface area (Å²) >= 11 is 11.8. The lowest BCUT2D eigenvalue weighted by Crippen LogP contribution is -2.38. The zero-order valence-electron chi connectivity index (χ0n) is 12.5. The molecule has 0 aliphatic heterocycles. The van der Waals surface area contributed by atoms with Gasteiger partial charge in [-0.2, -0.15) is 0 Å². The number of nitrogens with one attached hydrogen (secondary N) is 1. The van der Waals surface area contributed by atoms with Crippen molar-refractivity contribution in [3.8, 4) is 0 Å². The first-order chi connectivity index (χ1) is 11.2. The summed E-state index contributed by atoms with van der Waals surface area (Å²) < 4.78 is 38.4. The third kappa shape index (κ3) is 4.59. The van der Waals surface area contributed by atoms with Gasteiger partial charge in [0.25, 0.3) is 0 Å². The quantitative estimate of drug-likeness (QED) is 0.848. The fourth-order valence-corrected chi connectivity index (χ4v) is 3.14. The summed E-state index contributed by atoms with van der Waals surface area (Å²) in [4.78, 5) is 12.2. The molecule has 0 saturated carbocycles. The molecule has 0 aliphatic rings. The topological polar surface area (TPSA) is 66.5 Å². The number of hydrogen-bond donors (Lipinski definition) is 1. The van der Waals surface area contributed by atoms with E-state index in [0.29, 0.717) is 9.33 Å². The van der Waals surface area contributed by atoms with E-state index in [9.17, 15) is 17.6 Å². The number of rotatable bonds is 5. The molecule has 1 N–H and O–H groups in total. The molecule has 0 unspecified atom stereocenters. The zero-order chi connectivity index (χ0) is 17.9. The summed E-state index contributed by atoms with van der Waals surface area (Å²) in [5.41, 5.74) is 0.0171. The van der Waals surface area contributed by atoms with Gasteiger partial charge in [-0.25, -0.2) is 12.8 Å². The largest absolute Gasteiger partial charge is 0.323 e. The zero-order valence-corrected chi connectivity index (χ0v) is 14.8. The smallest absolute Gasteiger partial charge is 0.245 e. The van der Waals surface area contributed by atoms with Crippen LogP contribution in [0.1, 0.15) is 0 Å². The second kappa shape index (κ2) is 7.38. The highest BCUT2D eigenvalue weighted by atomic mass is 35.5. The van der Waals surface area contributed by atoms with E-state index in [2.05, 4.69) is 5.32 Å². The van der Waals surface area contributed by atoms with Crippen LogP contribution >= 0.6 is 23.2 Å². The molecule has 0 aliphatic carbocycles. The summed E-state index contributed by atoms with van der Waals surface area (Å²) in [7, 11) is -3.87. The van der Waals surface area contributed by atoms with Crippen LogP contribution in [0.5, 0.6) is 0 Å². The highest BCUT2D eigenvalue weighted by Gasteiger charge is 2.23. The van der Waals surface area contributed by atoms with Gasteiger partial charge >= 0.3 is 0 Å². The number of amides is 1. The highest BCUT2D eigenvalue weighted by molar-refractivity contribution is 7.92. The fraction of sp³-hybridized carbons (Fsp3) is 0.133. The number of para-hydroxylation sites is 1. The van der Waals surface area contributed by atoms with Gasteiger partial charge in [-0.3, -0.25) is 9.10 Å². The molecule has 2 aromatic carbocycles. The molecule has 9 heteroatoms. The summed E-state index contributed by atoms with van der Waals surface area (Å²) in [5, 5.41) is 3.05. The minimum atomic E-state index is -3.87. The van der Waals surface area contributed by atoms with Gasteiger partial charge in [-0.15, -0.1) is 0 Å². The van der Waals surface area contributed by atoms with Gasteiger partial charge in [0.15, 0.2) is 0 Å². The Hall–Kier alpha value is -1.83. The van der Waals surface area contributed by atoms with E-state index in [4.69, 9.17) is 23.2 Å². The molecule has 0 heterocycles. The molecule has 0 fully saturated rings. The van der Waals surface area contributed by atoms with Crippen LogP contribution in [0, 0.1) is 5.82 Å². The molecule has 2 rings (SSSR count). The maximum absolute atomic E-state index is 13.9. The van der Waals surface area contributed by atoms with Gasteiger partial charge in [0, 0.05) is 5.02 Å². The predicted molar refractivity (Wildman–Crippen MR) is 93.7 cm³/mol. The Bertz CT molecular complexity index is 875. The summed E-state index contributed by atoms with van der Waals surface area (Å²) in [6.07, 6.45) is 0.888. The normalized spacial score (nSPS) is 11.2. The minimum Gasteiger partial charge on any atom is -0.323 e. The van der Waals surface area contributed by atoms with Crippen molar-refractivity contribution in [3.05, 3.63) is 58.3 Å². The van der Waals surface area contributed by atoms with E-state index in [0.717, 1.165) is 12.3 Å². The summed E-state index contributed by atoms with van der Waals surface area (Å²) in [5.74, 6) is -1.44. The van der Waals surface area contributed by atoms with Crippen molar-refractivity contribution in [2.75, 3.05) is 22.4 Å². The van der Waals surface area contributed by atoms with E-state index in [1.807, 2.05) is 0 Å². The van der Waals surface area contributed by atoms with Gasteiger partial charge in [0.1, 0.15) is 12.4 Å². The third-order valence-corrected chi connectivity index (χ3v) is 4.70. The van der Waals surface area contributed by atoms with E-state index in [1.54, 1.807) is 6.07 Å². The number of carbonyl (C=O) groups is 1. The Balaban J connectivity index is 2.26. The van der Waals surface area contributed by atoms with Gasteiger partial charge < -0.3 is 5.32 Å². The van der Waals surface area contributed by atoms with Gasteiger partial charge in [-0.05, 0) is 30.3 Å². The number of halogens is 3. The highest BCUT2D eigenvalue weighted by Crippen LogP contribution is 2.26. The van der Waals surface area contributed by atoms with E-state index in [1.165, 1.54) is 30.3 Å². The summed E-state index contributed by atoms with van der Waals surface area (Å²) in [6.45, 7) is -0.609. The molecule has 24 heavy (non-hydrogen) atoms. The fourth-order valence-electron chi connectivity index (χ4n) is 1.95. The average molecular weight is 391 g/mol. The van der Waals surface area contributed by atoms with Crippen molar-refractivity contribution in [1.82, 2.24) is 0 Å². The summed E-state index contributed by atoms with van der Waals surface area (Å²) in [6, 6.07) is 9.74. The molecule has 0 spiro atoms. The van der Waals surface area contributed by atoms with Crippen LogP contribution in [0.25, 0.3) is 0 Å². The van der Waals surface area contributed by atoms with Crippen molar-refractivity contribution in [2.24, 2.45) is 0 Å². The Kier molecular flexibility index (Phi) is 5.69. The van der Waals surface area contributed by atoms with Crippen LogP contribution in [-0.4, -0.2) is 27.1 Å². The van der Waals surface area contributed by atoms with E-state index in [-0.39, 0.29) is 16.4 Å². The monoisotopic (exact) mass is 390 g/mol. The Labute approximate surface area is 149 Å². The van der Waals surface area contributed by atoms with Crippen molar-refractivity contribution in [2.45, 2.75) is 0 Å². The lowest BCUT2D eigenvalue weighted by molar-refractivity contribution is -0.114. The first-order valence-electron chi connectivity index (χ1n) is 6.65. The minimum absolute atomic E-state index is 0.215. The lowest BCUT2D eigenvalue weighted by atomic mass is 10.3. The third-order valence-electron chi connectivity index (χ3n) is 3.01. The Morgan fingerprint density at radius 3 is 2.50 bits per heavy atom. The standard InChI is InChI=1S/C15H13Cl2FN2O3S/c1-24(22,23)20(14-5-3-2-4-12(14)18)9-15(21)19-13-8-10(16)6-7-11(13)17/h2-8H,9H2,1H3,(H,19,21). The maximum atomic E-state index is 13.9. The van der Waals surface area contributed by atoms with Crippen LogP contribution in [0.15, 0.2) is 42.5 Å². The van der Waals surface area contributed by atoms with Crippen molar-refractivity contribution >= 4 is 50.5 Å². The van der Waals surface area contributed by atoms with Crippen molar-refractivity contribution < 1.29 is 17.6 Å². The maximum Gasteiger partial charge on any atom is 0.245 e. The molecule has 128 valence electrons. The lowest BCUT2D eigenvalue weighted by Gasteiger charge is -2.22. The van der Waals surface area contributed by atoms with Crippen LogP contribution < -0.4 is 9.62 Å². The van der Waals surface area contributed by atoms with Crippen LogP contribution in [-0.2, 0) is 14.8 Å². The molecule has 5 nitrogen and oxygen atoms in total. The number of nitrogens with zero attached hydrogens (tertiary/aromatic N) is 1. The van der Waals surface area contributed by atoms with Crippen LogP contribution in [0.3, 0.4) is 0 Å². The number of sulfonamides is 1. The number of carbonyl (C=O) groups excluding carboxylic acids is 1. The molecule has 0 saturated heterocycles. The van der Waals surface area contributed by atoms with Crippen molar-refractivity contribution in [1.29, 1.82) is 0 Å². The number of benzene rings is 2. The first kappa shape index (κ1) is 18.5. The number of anilines is 2. The molecule has 0 bridgehead atoms. The second-order valence-corrected chi connectivity index (χ2v) is 7.64. The molecule has 0 radical (unpaired) electrons. The molecule has 0 atom stereocenters. The average Bonchev–Trinajstić information content (AvgIpc) is 2.48. The van der Waals surface area contributed by atoms with Gasteiger partial charge in [0.05, 0.1) is 22.7 Å². The van der Waals surface area contributed by atoms with E-state index < -0.39 is 28.3 Å². The molecular weight excluding hydrogens is 378 g/mol. The van der Waals surface area contributed by atoms with Gasteiger partial charge in [-0.1, -0.05) is 35.3 Å². The molecule has 0 aromatic heterocycles. The Morgan fingerprint density at radius 2 is 1.88 bits per heavy atom. The first-order valence-corrected chi connectivity index (χ1v) is 9.26. The van der Waals surface area contributed by atoms with Gasteiger partial charge in [0.2, 0.25) is 15.9 Å². The molecule has 1 amide bonds. The van der Waals surface area contributed by atoms with E-state index >= 15 is 0 Å². The SMILES string of the molecule is CS(=O)(=O)N(CC(=O)Nc1cc(Cl)ccc1Cl)c1ccccc1F. The second-order valence-electron chi connectivity index (χ2n) is 4.89. The molecular formula is C15H13Cl2FN2O3S. The predicted octanol–water partition coefficient (Wildman–Crippen LogP) is 3.54. The van der Waals surface area contributed by atoms with Crippen LogP contribution in [0.4, 0.5) is 15.8 Å². The van der Waals surface area contributed by atoms with Crippen molar-refractivity contribution in [3.63, 3.8) is 0 Å².